The van der Waals surface area contributed by atoms with Crippen molar-refractivity contribution in [3.8, 4) is 11.8 Å². The second-order valence-corrected chi connectivity index (χ2v) is 11.0. The number of aromatic nitrogens is 1. The molecule has 9 heteroatoms. The van der Waals surface area contributed by atoms with E-state index in [1.165, 1.54) is 23.1 Å². The first-order valence-electron chi connectivity index (χ1n) is 10.1. The summed E-state index contributed by atoms with van der Waals surface area (Å²) in [4.78, 5) is 12.4. The Morgan fingerprint density at radius 2 is 1.76 bits per heavy atom. The number of benzene rings is 1. The number of anilines is 1. The van der Waals surface area contributed by atoms with Crippen LogP contribution in [0.1, 0.15) is 52.8 Å². The van der Waals surface area contributed by atoms with Gasteiger partial charge in [-0.2, -0.15) is 13.1 Å². The van der Waals surface area contributed by atoms with E-state index < -0.39 is 16.0 Å². The van der Waals surface area contributed by atoms with Crippen LogP contribution in [0.4, 0.5) is 5.82 Å². The summed E-state index contributed by atoms with van der Waals surface area (Å²) in [6.07, 6.45) is 0. The lowest BCUT2D eigenvalue weighted by atomic mass is 9.87. The molecule has 3 rings (SSSR count). The van der Waals surface area contributed by atoms with Gasteiger partial charge in [0.15, 0.2) is 0 Å². The fourth-order valence-corrected chi connectivity index (χ4v) is 4.85. The third-order valence-electron chi connectivity index (χ3n) is 4.99. The average molecular weight is 485 g/mol. The van der Waals surface area contributed by atoms with Gasteiger partial charge in [0.1, 0.15) is 9.77 Å². The summed E-state index contributed by atoms with van der Waals surface area (Å²) in [5, 5.41) is 1.75. The summed E-state index contributed by atoms with van der Waals surface area (Å²) >= 11 is 1.23. The Morgan fingerprint density at radius 3 is 2.36 bits per heavy atom. The molecule has 0 aliphatic heterocycles. The van der Waals surface area contributed by atoms with Gasteiger partial charge in [0.25, 0.3) is 0 Å². The molecule has 172 valence electrons. The maximum Gasteiger partial charge on any atom is 0.349 e. The van der Waals surface area contributed by atoms with Crippen molar-refractivity contribution >= 4 is 33.1 Å². The highest BCUT2D eigenvalue weighted by Crippen LogP contribution is 2.24. The number of nitrogens with one attached hydrogen (secondary N) is 1. The van der Waals surface area contributed by atoms with Gasteiger partial charge in [0.05, 0.1) is 12.7 Å². The molecule has 0 aliphatic rings. The van der Waals surface area contributed by atoms with E-state index >= 15 is 0 Å². The quantitative estimate of drug-likeness (QED) is 0.256. The number of carbonyl (C=O) groups is 1. The monoisotopic (exact) mass is 484 g/mol. The zero-order chi connectivity index (χ0) is 24.4. The van der Waals surface area contributed by atoms with E-state index in [0.717, 1.165) is 11.1 Å². The minimum absolute atomic E-state index is 0.0866. The number of thiophene rings is 1. The van der Waals surface area contributed by atoms with Crippen molar-refractivity contribution in [2.24, 2.45) is 0 Å². The van der Waals surface area contributed by atoms with Gasteiger partial charge in [-0.1, -0.05) is 38.8 Å². The van der Waals surface area contributed by atoms with E-state index in [2.05, 4.69) is 37.3 Å². The van der Waals surface area contributed by atoms with Gasteiger partial charge >= 0.3 is 21.8 Å². The van der Waals surface area contributed by atoms with E-state index in [9.17, 15) is 13.2 Å². The molecule has 0 spiro atoms. The number of carbonyl (C=O) groups excluding carboxylic acids is 1. The number of nitrogens with two attached hydrogens (primary N) is 1. The number of hydrogen-bond donors (Lipinski definition) is 2. The van der Waals surface area contributed by atoms with Gasteiger partial charge in [0.2, 0.25) is 5.69 Å². The van der Waals surface area contributed by atoms with E-state index in [0.29, 0.717) is 16.1 Å². The van der Waals surface area contributed by atoms with Crippen molar-refractivity contribution in [3.05, 3.63) is 75.1 Å². The second kappa shape index (κ2) is 9.25. The molecule has 3 N–H and O–H groups in total. The summed E-state index contributed by atoms with van der Waals surface area (Å²) < 4.78 is 34.4. The maximum absolute atomic E-state index is 12.9. The molecule has 3 aromatic rings. The van der Waals surface area contributed by atoms with Gasteiger partial charge in [-0.05, 0) is 53.5 Å². The predicted molar refractivity (Wildman–Crippen MR) is 129 cm³/mol. The molecular formula is C24H26N3O4S2+. The first-order chi connectivity index (χ1) is 15.4. The maximum atomic E-state index is 12.9. The first-order valence-corrected chi connectivity index (χ1v) is 12.4. The van der Waals surface area contributed by atoms with Crippen LogP contribution in [0, 0.1) is 18.8 Å². The Bertz CT molecular complexity index is 1360. The highest BCUT2D eigenvalue weighted by Gasteiger charge is 2.25. The van der Waals surface area contributed by atoms with E-state index in [-0.39, 0.29) is 16.1 Å². The van der Waals surface area contributed by atoms with Gasteiger partial charge in [-0.25, -0.2) is 4.79 Å². The second-order valence-electron chi connectivity index (χ2n) is 8.41. The highest BCUT2D eigenvalue weighted by atomic mass is 32.2. The molecule has 33 heavy (non-hydrogen) atoms. The zero-order valence-corrected chi connectivity index (χ0v) is 20.7. The van der Waals surface area contributed by atoms with Crippen LogP contribution in [-0.2, 0) is 20.2 Å². The fourth-order valence-electron chi connectivity index (χ4n) is 3.03. The Labute approximate surface area is 198 Å². The van der Waals surface area contributed by atoms with Crippen molar-refractivity contribution in [2.45, 2.75) is 38.0 Å². The Balaban J connectivity index is 1.94. The Hall–Kier alpha value is -3.35. The Morgan fingerprint density at radius 1 is 1.09 bits per heavy atom. The van der Waals surface area contributed by atoms with Crippen LogP contribution in [0.25, 0.3) is 0 Å². The largest absolute Gasteiger partial charge is 0.465 e. The van der Waals surface area contributed by atoms with Crippen molar-refractivity contribution in [3.63, 3.8) is 0 Å². The fraction of sp³-hybridized carbons (Fsp3) is 0.250. The SMILES string of the molecule is COC(=O)c1sccc1C#Cc1c(C)ccc(NS(=O)(=O)c2ccc(C(C)(C)C)cc2)[n+]1N. The minimum atomic E-state index is -3.87. The topological polar surface area (TPSA) is 102 Å². The number of methoxy groups -OCH3 is 1. The standard InChI is InChI=1S/C24H25N3O4S2/c1-16-6-13-21(26-33(29,30)19-10-8-18(9-11-19)24(2,3)4)27(25)20(16)12-7-17-14-15-32-22(17)23(28)31-5/h6,8-11,13-15H,25H2,1-5H3/p+1. The third-order valence-corrected chi connectivity index (χ3v) is 7.25. The molecule has 1 aromatic carbocycles. The number of rotatable bonds is 4. The number of pyridine rings is 1. The number of nitrogens with zero attached hydrogens (tertiary/aromatic N) is 1. The third kappa shape index (κ3) is 5.35. The lowest BCUT2D eigenvalue weighted by molar-refractivity contribution is -0.626. The van der Waals surface area contributed by atoms with Gasteiger partial charge in [-0.15, -0.1) is 16.0 Å². The van der Waals surface area contributed by atoms with Crippen LogP contribution in [0.5, 0.6) is 0 Å². The van der Waals surface area contributed by atoms with Crippen LogP contribution >= 0.6 is 11.3 Å². The van der Waals surface area contributed by atoms with Crippen LogP contribution in [0.15, 0.2) is 52.7 Å². The van der Waals surface area contributed by atoms with Gasteiger partial charge in [0, 0.05) is 11.6 Å². The lowest BCUT2D eigenvalue weighted by Gasteiger charge is -2.18. The lowest BCUT2D eigenvalue weighted by Crippen LogP contribution is -2.50. The number of sulfonamides is 1. The summed E-state index contributed by atoms with van der Waals surface area (Å²) in [7, 11) is -2.56. The molecule has 0 saturated carbocycles. The summed E-state index contributed by atoms with van der Waals surface area (Å²) in [6.45, 7) is 7.99. The minimum Gasteiger partial charge on any atom is -0.465 e. The van der Waals surface area contributed by atoms with Crippen LogP contribution in [0.2, 0.25) is 0 Å². The van der Waals surface area contributed by atoms with Crippen molar-refractivity contribution in [2.75, 3.05) is 17.7 Å². The molecular weight excluding hydrogens is 458 g/mol. The predicted octanol–water partition coefficient (Wildman–Crippen LogP) is 3.34. The normalized spacial score (nSPS) is 11.4. The van der Waals surface area contributed by atoms with Crippen molar-refractivity contribution in [1.82, 2.24) is 0 Å². The first kappa shape index (κ1) is 24.3. The highest BCUT2D eigenvalue weighted by molar-refractivity contribution is 7.92. The molecule has 0 atom stereocenters. The molecule has 0 aliphatic carbocycles. The Kier molecular flexibility index (Phi) is 6.81. The average Bonchev–Trinajstić information content (AvgIpc) is 3.23. The smallest absolute Gasteiger partial charge is 0.349 e. The number of hydrogen-bond acceptors (Lipinski definition) is 6. The molecule has 0 unspecified atom stereocenters. The zero-order valence-electron chi connectivity index (χ0n) is 19.1. The van der Waals surface area contributed by atoms with Crippen molar-refractivity contribution in [1.29, 1.82) is 0 Å². The molecule has 0 bridgehead atoms. The molecule has 7 nitrogen and oxygen atoms in total. The molecule has 2 aromatic heterocycles. The van der Waals surface area contributed by atoms with Crippen LogP contribution < -0.4 is 15.2 Å². The van der Waals surface area contributed by atoms with Crippen LogP contribution in [-0.4, -0.2) is 21.5 Å². The van der Waals surface area contributed by atoms with E-state index in [1.54, 1.807) is 47.8 Å². The van der Waals surface area contributed by atoms with E-state index in [1.807, 2.05) is 6.92 Å². The van der Waals surface area contributed by atoms with Crippen LogP contribution in [0.3, 0.4) is 0 Å². The molecule has 0 amide bonds. The van der Waals surface area contributed by atoms with Crippen molar-refractivity contribution < 1.29 is 22.6 Å². The number of ether oxygens (including phenoxy) is 1. The molecule has 0 radical (unpaired) electrons. The number of aryl methyl sites for hydroxylation is 1. The molecule has 2 heterocycles. The van der Waals surface area contributed by atoms with Gasteiger partial charge < -0.3 is 4.74 Å². The summed E-state index contributed by atoms with van der Waals surface area (Å²) in [5.41, 5.74) is 2.60. The molecule has 0 saturated heterocycles. The summed E-state index contributed by atoms with van der Waals surface area (Å²) in [5.74, 6) is 11.8. The van der Waals surface area contributed by atoms with Gasteiger partial charge in [-0.3, -0.25) is 5.84 Å². The number of esters is 1. The van der Waals surface area contributed by atoms with E-state index in [4.69, 9.17) is 10.6 Å². The number of nitrogen functional groups attached to an aromatic ring is 1. The summed E-state index contributed by atoms with van der Waals surface area (Å²) in [6, 6.07) is 11.8. The molecule has 0 fully saturated rings.